The summed E-state index contributed by atoms with van der Waals surface area (Å²) in [4.78, 5) is 15.4. The van der Waals surface area contributed by atoms with Crippen molar-refractivity contribution in [3.05, 3.63) is 48.8 Å². The number of aryl methyl sites for hydroxylation is 1. The fourth-order valence-corrected chi connectivity index (χ4v) is 2.39. The van der Waals surface area contributed by atoms with Crippen molar-refractivity contribution >= 4 is 16.9 Å². The van der Waals surface area contributed by atoms with Crippen LogP contribution in [0.3, 0.4) is 0 Å². The van der Waals surface area contributed by atoms with Crippen LogP contribution in [0.4, 0.5) is 0 Å². The minimum atomic E-state index is -0.646. The maximum absolute atomic E-state index is 11.0. The number of hydrogen-bond donors (Lipinski definition) is 1. The van der Waals surface area contributed by atoms with E-state index >= 15 is 0 Å². The highest BCUT2D eigenvalue weighted by atomic mass is 16.5. The molecule has 0 aliphatic carbocycles. The summed E-state index contributed by atoms with van der Waals surface area (Å²) in [5.41, 5.74) is 8.32. The van der Waals surface area contributed by atoms with E-state index in [0.29, 0.717) is 5.75 Å². The van der Waals surface area contributed by atoms with Crippen molar-refractivity contribution in [2.75, 3.05) is 0 Å². The smallest absolute Gasteiger partial charge is 0.258 e. The Morgan fingerprint density at radius 2 is 1.95 bits per heavy atom. The number of rotatable bonds is 4. The SMILES string of the molecule is C[C@H](Oc1ccc(-c2ccnc3c2ccn3C)cc1)C(N)=O. The maximum Gasteiger partial charge on any atom is 0.258 e. The molecule has 0 saturated carbocycles. The first-order chi connectivity index (χ1) is 10.6. The molecule has 1 aromatic carbocycles. The molecule has 0 fully saturated rings. The van der Waals surface area contributed by atoms with Gasteiger partial charge in [0.25, 0.3) is 5.91 Å². The van der Waals surface area contributed by atoms with Crippen LogP contribution in [0.2, 0.25) is 0 Å². The maximum atomic E-state index is 11.0. The first-order valence-corrected chi connectivity index (χ1v) is 7.02. The Morgan fingerprint density at radius 1 is 1.23 bits per heavy atom. The summed E-state index contributed by atoms with van der Waals surface area (Å²) in [6, 6.07) is 11.6. The highest BCUT2D eigenvalue weighted by molar-refractivity contribution is 5.93. The Balaban J connectivity index is 1.93. The van der Waals surface area contributed by atoms with Gasteiger partial charge in [-0.15, -0.1) is 0 Å². The van der Waals surface area contributed by atoms with Crippen LogP contribution in [0.25, 0.3) is 22.2 Å². The number of nitrogens with two attached hydrogens (primary N) is 1. The van der Waals surface area contributed by atoms with Gasteiger partial charge in [0.1, 0.15) is 11.4 Å². The number of aromatic nitrogens is 2. The Bertz CT molecular complexity index is 822. The van der Waals surface area contributed by atoms with Crippen molar-refractivity contribution in [3.63, 3.8) is 0 Å². The molecule has 1 amide bonds. The lowest BCUT2D eigenvalue weighted by atomic mass is 10.0. The Kier molecular flexibility index (Phi) is 3.55. The number of ether oxygens (including phenoxy) is 1. The molecule has 0 spiro atoms. The van der Waals surface area contributed by atoms with Crippen molar-refractivity contribution in [1.82, 2.24) is 9.55 Å². The second kappa shape index (κ2) is 5.52. The topological polar surface area (TPSA) is 70.1 Å². The molecule has 0 aliphatic rings. The number of hydrogen-bond acceptors (Lipinski definition) is 3. The number of fused-ring (bicyclic) bond motifs is 1. The first-order valence-electron chi connectivity index (χ1n) is 7.02. The molecule has 22 heavy (non-hydrogen) atoms. The molecule has 3 rings (SSSR count). The van der Waals surface area contributed by atoms with E-state index < -0.39 is 12.0 Å². The Labute approximate surface area is 128 Å². The van der Waals surface area contributed by atoms with Crippen LogP contribution in [0.15, 0.2) is 48.8 Å². The lowest BCUT2D eigenvalue weighted by Gasteiger charge is -2.11. The molecule has 2 N–H and O–H groups in total. The van der Waals surface area contributed by atoms with Gasteiger partial charge in [-0.05, 0) is 42.3 Å². The van der Waals surface area contributed by atoms with Gasteiger partial charge < -0.3 is 15.0 Å². The number of carbonyl (C=O) groups excluding carboxylic acids is 1. The van der Waals surface area contributed by atoms with E-state index in [9.17, 15) is 4.79 Å². The number of pyridine rings is 1. The molecule has 2 aromatic heterocycles. The number of benzene rings is 1. The molecule has 0 aliphatic heterocycles. The van der Waals surface area contributed by atoms with Gasteiger partial charge in [-0.2, -0.15) is 0 Å². The molecular formula is C17H17N3O2. The van der Waals surface area contributed by atoms with E-state index in [2.05, 4.69) is 11.1 Å². The Morgan fingerprint density at radius 3 is 2.64 bits per heavy atom. The van der Waals surface area contributed by atoms with Crippen molar-refractivity contribution in [2.45, 2.75) is 13.0 Å². The van der Waals surface area contributed by atoms with Crippen LogP contribution in [0.5, 0.6) is 5.75 Å². The van der Waals surface area contributed by atoms with Gasteiger partial charge in [-0.25, -0.2) is 4.98 Å². The van der Waals surface area contributed by atoms with Crippen molar-refractivity contribution in [2.24, 2.45) is 12.8 Å². The van der Waals surface area contributed by atoms with Crippen LogP contribution >= 0.6 is 0 Å². The van der Waals surface area contributed by atoms with Crippen LogP contribution in [0.1, 0.15) is 6.92 Å². The fourth-order valence-electron chi connectivity index (χ4n) is 2.39. The average Bonchev–Trinajstić information content (AvgIpc) is 2.90. The van der Waals surface area contributed by atoms with Crippen LogP contribution in [-0.2, 0) is 11.8 Å². The number of carbonyl (C=O) groups is 1. The standard InChI is InChI=1S/C17H17N3O2/c1-11(16(18)21)22-13-5-3-12(4-6-13)14-7-9-19-17-15(14)8-10-20(17)2/h3-11H,1-2H3,(H2,18,21)/t11-/m0/s1. The van der Waals surface area contributed by atoms with Crippen molar-refractivity contribution < 1.29 is 9.53 Å². The van der Waals surface area contributed by atoms with E-state index in [4.69, 9.17) is 10.5 Å². The predicted octanol–water partition coefficient (Wildman–Crippen LogP) is 2.49. The van der Waals surface area contributed by atoms with E-state index in [-0.39, 0.29) is 0 Å². The number of nitrogens with zero attached hydrogens (tertiary/aromatic N) is 2. The molecule has 0 bridgehead atoms. The average molecular weight is 295 g/mol. The predicted molar refractivity (Wildman–Crippen MR) is 85.4 cm³/mol. The van der Waals surface area contributed by atoms with Gasteiger partial charge in [-0.3, -0.25) is 4.79 Å². The van der Waals surface area contributed by atoms with Crippen molar-refractivity contribution in [3.8, 4) is 16.9 Å². The minimum Gasteiger partial charge on any atom is -0.481 e. The summed E-state index contributed by atoms with van der Waals surface area (Å²) in [5.74, 6) is 0.137. The summed E-state index contributed by atoms with van der Waals surface area (Å²) in [7, 11) is 1.97. The molecule has 2 heterocycles. The summed E-state index contributed by atoms with van der Waals surface area (Å²) < 4.78 is 7.46. The lowest BCUT2D eigenvalue weighted by molar-refractivity contribution is -0.123. The fraction of sp³-hybridized carbons (Fsp3) is 0.176. The molecule has 112 valence electrons. The van der Waals surface area contributed by atoms with Crippen LogP contribution < -0.4 is 10.5 Å². The molecule has 0 unspecified atom stereocenters. The second-order valence-electron chi connectivity index (χ2n) is 5.21. The number of primary amides is 1. The van der Waals surface area contributed by atoms with E-state index in [0.717, 1.165) is 22.2 Å². The zero-order valence-electron chi connectivity index (χ0n) is 12.5. The van der Waals surface area contributed by atoms with Crippen molar-refractivity contribution in [1.29, 1.82) is 0 Å². The molecule has 1 atom stereocenters. The largest absolute Gasteiger partial charge is 0.481 e. The van der Waals surface area contributed by atoms with Gasteiger partial charge in [0.2, 0.25) is 0 Å². The van der Waals surface area contributed by atoms with E-state index in [1.165, 1.54) is 0 Å². The summed E-state index contributed by atoms with van der Waals surface area (Å²) in [6.45, 7) is 1.63. The van der Waals surface area contributed by atoms with Crippen LogP contribution in [-0.4, -0.2) is 21.6 Å². The molecule has 5 nitrogen and oxygen atoms in total. The van der Waals surface area contributed by atoms with Gasteiger partial charge in [0, 0.05) is 24.8 Å². The lowest BCUT2D eigenvalue weighted by Crippen LogP contribution is -2.30. The van der Waals surface area contributed by atoms with Gasteiger partial charge in [0.15, 0.2) is 6.10 Å². The molecule has 3 aromatic rings. The molecule has 0 radical (unpaired) electrons. The zero-order chi connectivity index (χ0) is 15.7. The third kappa shape index (κ3) is 2.53. The van der Waals surface area contributed by atoms with Gasteiger partial charge in [-0.1, -0.05) is 12.1 Å². The monoisotopic (exact) mass is 295 g/mol. The zero-order valence-corrected chi connectivity index (χ0v) is 12.5. The molecule has 5 heteroatoms. The van der Waals surface area contributed by atoms with Gasteiger partial charge in [0.05, 0.1) is 0 Å². The molecule has 0 saturated heterocycles. The van der Waals surface area contributed by atoms with E-state index in [1.54, 1.807) is 13.1 Å². The normalized spacial score (nSPS) is 12.3. The quantitative estimate of drug-likeness (QED) is 0.804. The highest BCUT2D eigenvalue weighted by Gasteiger charge is 2.11. The summed E-state index contributed by atoms with van der Waals surface area (Å²) >= 11 is 0. The third-order valence-electron chi connectivity index (χ3n) is 3.65. The number of amides is 1. The minimum absolute atomic E-state index is 0.482. The summed E-state index contributed by atoms with van der Waals surface area (Å²) in [5, 5.41) is 1.10. The second-order valence-corrected chi connectivity index (χ2v) is 5.21. The highest BCUT2D eigenvalue weighted by Crippen LogP contribution is 2.29. The Hall–Kier alpha value is -2.82. The third-order valence-corrected chi connectivity index (χ3v) is 3.65. The summed E-state index contributed by atoms with van der Waals surface area (Å²) in [6.07, 6.45) is 3.15. The first kappa shape index (κ1) is 14.1. The van der Waals surface area contributed by atoms with Crippen LogP contribution in [0, 0.1) is 0 Å². The van der Waals surface area contributed by atoms with E-state index in [1.807, 2.05) is 48.1 Å². The molecular weight excluding hydrogens is 278 g/mol. The van der Waals surface area contributed by atoms with Gasteiger partial charge >= 0.3 is 0 Å².